The summed E-state index contributed by atoms with van der Waals surface area (Å²) in [7, 11) is 2.05. The van der Waals surface area contributed by atoms with E-state index in [1.165, 1.54) is 5.56 Å². The van der Waals surface area contributed by atoms with Crippen LogP contribution < -0.4 is 10.6 Å². The normalized spacial score (nSPS) is 15.5. The predicted octanol–water partition coefficient (Wildman–Crippen LogP) is 4.79. The molecule has 5 rings (SSSR count). The highest BCUT2D eigenvalue weighted by Gasteiger charge is 2.35. The number of fused-ring (bicyclic) bond motifs is 3. The van der Waals surface area contributed by atoms with E-state index in [-0.39, 0.29) is 31.4 Å². The summed E-state index contributed by atoms with van der Waals surface area (Å²) in [5.41, 5.74) is 5.62. The molecule has 0 aromatic heterocycles. The molecule has 0 bridgehead atoms. The summed E-state index contributed by atoms with van der Waals surface area (Å²) >= 11 is 0. The second kappa shape index (κ2) is 13.0. The molecule has 1 fully saturated rings. The number of likely N-dealkylation sites (N-methyl/N-ethyl adjacent to an activating group) is 1. The zero-order valence-corrected chi connectivity index (χ0v) is 23.3. The fraction of sp³-hybridized carbons (Fsp3) is 0.364. The van der Waals surface area contributed by atoms with Gasteiger partial charge in [-0.25, -0.2) is 4.79 Å². The summed E-state index contributed by atoms with van der Waals surface area (Å²) < 4.78 is 5.62. The number of nitrogens with one attached hydrogen (secondary N) is 2. The summed E-state index contributed by atoms with van der Waals surface area (Å²) in [6.45, 7) is 1.29. The number of nitrogens with zero attached hydrogens (tertiary/aromatic N) is 1. The van der Waals surface area contributed by atoms with Crippen molar-refractivity contribution in [1.82, 2.24) is 15.5 Å². The minimum Gasteiger partial charge on any atom is -0.481 e. The Morgan fingerprint density at radius 3 is 2.15 bits per heavy atom. The molecular formula is C33H37N3O5. The Hall–Kier alpha value is -4.17. The largest absolute Gasteiger partial charge is 0.481 e. The Labute approximate surface area is 240 Å². The van der Waals surface area contributed by atoms with E-state index in [0.717, 1.165) is 41.6 Å². The first-order chi connectivity index (χ1) is 19.9. The number of benzene rings is 3. The Kier molecular flexibility index (Phi) is 8.99. The fourth-order valence-electron chi connectivity index (χ4n) is 5.80. The second-order valence-corrected chi connectivity index (χ2v) is 11.0. The van der Waals surface area contributed by atoms with Crippen molar-refractivity contribution < 1.29 is 24.2 Å². The smallest absolute Gasteiger partial charge is 0.407 e. The van der Waals surface area contributed by atoms with Crippen molar-refractivity contribution in [3.8, 4) is 11.1 Å². The minimum absolute atomic E-state index is 0.0285. The van der Waals surface area contributed by atoms with Crippen LogP contribution in [0.1, 0.15) is 48.3 Å². The number of hydrogen-bond donors (Lipinski definition) is 3. The third kappa shape index (κ3) is 7.13. The molecule has 0 heterocycles. The van der Waals surface area contributed by atoms with Gasteiger partial charge in [0.05, 0.1) is 0 Å². The van der Waals surface area contributed by atoms with E-state index >= 15 is 0 Å². The lowest BCUT2D eigenvalue weighted by Gasteiger charge is -2.29. The van der Waals surface area contributed by atoms with Crippen LogP contribution in [0.2, 0.25) is 0 Å². The third-order valence-electron chi connectivity index (χ3n) is 8.09. The molecule has 0 spiro atoms. The number of aliphatic carboxylic acids is 1. The van der Waals surface area contributed by atoms with Gasteiger partial charge in [0.1, 0.15) is 12.6 Å². The predicted molar refractivity (Wildman–Crippen MR) is 156 cm³/mol. The highest BCUT2D eigenvalue weighted by atomic mass is 16.5. The van der Waals surface area contributed by atoms with Crippen LogP contribution in [-0.2, 0) is 20.9 Å². The Morgan fingerprint density at radius 2 is 1.54 bits per heavy atom. The first kappa shape index (κ1) is 28.4. The molecule has 2 unspecified atom stereocenters. The van der Waals surface area contributed by atoms with Gasteiger partial charge in [0.15, 0.2) is 0 Å². The number of carbonyl (C=O) groups is 3. The van der Waals surface area contributed by atoms with Gasteiger partial charge < -0.3 is 20.5 Å². The standard InChI is InChI=1S/C33H37N3O5/c1-36(20-22-9-3-2-4-10-22)30(23-15-16-23)19-34-32(39)29(17-18-31(37)38)35-33(40)41-21-28-26-13-7-5-11-24(26)25-12-6-8-14-27(25)28/h2-14,23,28-30H,15-21H2,1H3,(H,34,39)(H,35,40)(H,37,38). The van der Waals surface area contributed by atoms with Crippen LogP contribution in [0.3, 0.4) is 0 Å². The molecule has 8 heteroatoms. The topological polar surface area (TPSA) is 108 Å². The monoisotopic (exact) mass is 555 g/mol. The van der Waals surface area contributed by atoms with Crippen molar-refractivity contribution in [2.75, 3.05) is 20.2 Å². The maximum absolute atomic E-state index is 13.2. The zero-order valence-electron chi connectivity index (χ0n) is 23.3. The zero-order chi connectivity index (χ0) is 28.8. The molecule has 41 heavy (non-hydrogen) atoms. The van der Waals surface area contributed by atoms with Gasteiger partial charge in [-0.2, -0.15) is 0 Å². The Balaban J connectivity index is 1.19. The van der Waals surface area contributed by atoms with Gasteiger partial charge in [-0.05, 0) is 60.0 Å². The average Bonchev–Trinajstić information content (AvgIpc) is 3.76. The van der Waals surface area contributed by atoms with E-state index < -0.39 is 24.0 Å². The van der Waals surface area contributed by atoms with Crippen molar-refractivity contribution in [1.29, 1.82) is 0 Å². The van der Waals surface area contributed by atoms with Gasteiger partial charge in [0.2, 0.25) is 5.91 Å². The highest BCUT2D eigenvalue weighted by molar-refractivity contribution is 5.86. The molecule has 3 aromatic rings. The molecule has 0 aliphatic heterocycles. The number of carbonyl (C=O) groups excluding carboxylic acids is 2. The summed E-state index contributed by atoms with van der Waals surface area (Å²) in [6, 6.07) is 25.4. The summed E-state index contributed by atoms with van der Waals surface area (Å²) in [5.74, 6) is -1.05. The van der Waals surface area contributed by atoms with Gasteiger partial charge in [0, 0.05) is 31.5 Å². The quantitative estimate of drug-likeness (QED) is 0.280. The average molecular weight is 556 g/mol. The minimum atomic E-state index is -1.03. The lowest BCUT2D eigenvalue weighted by Crippen LogP contribution is -2.51. The van der Waals surface area contributed by atoms with Gasteiger partial charge in [-0.3, -0.25) is 14.5 Å². The maximum Gasteiger partial charge on any atom is 0.407 e. The number of hydrogen-bond acceptors (Lipinski definition) is 5. The molecule has 1 saturated carbocycles. The summed E-state index contributed by atoms with van der Waals surface area (Å²) in [4.78, 5) is 39.6. The van der Waals surface area contributed by atoms with Gasteiger partial charge in [-0.1, -0.05) is 78.9 Å². The first-order valence-electron chi connectivity index (χ1n) is 14.3. The van der Waals surface area contributed by atoms with Crippen LogP contribution in [0, 0.1) is 5.92 Å². The molecular weight excluding hydrogens is 518 g/mol. The molecule has 8 nitrogen and oxygen atoms in total. The van der Waals surface area contributed by atoms with Crippen LogP contribution in [-0.4, -0.2) is 60.3 Å². The van der Waals surface area contributed by atoms with Crippen LogP contribution in [0.4, 0.5) is 4.79 Å². The lowest BCUT2D eigenvalue weighted by molar-refractivity contribution is -0.137. The van der Waals surface area contributed by atoms with Crippen molar-refractivity contribution in [2.24, 2.45) is 5.92 Å². The molecule has 2 aliphatic carbocycles. The SMILES string of the molecule is CN(Cc1ccccc1)C(CNC(=O)C(CCC(=O)O)NC(=O)OCC1c2ccccc2-c2ccccc21)C1CC1. The molecule has 2 atom stereocenters. The van der Waals surface area contributed by atoms with Crippen molar-refractivity contribution in [2.45, 2.75) is 50.2 Å². The maximum atomic E-state index is 13.2. The molecule has 3 N–H and O–H groups in total. The Morgan fingerprint density at radius 1 is 0.927 bits per heavy atom. The number of rotatable bonds is 13. The number of amides is 2. The number of ether oxygens (including phenoxy) is 1. The number of alkyl carbamates (subject to hydrolysis) is 1. The molecule has 0 radical (unpaired) electrons. The van der Waals surface area contributed by atoms with Gasteiger partial charge in [0.25, 0.3) is 0 Å². The highest BCUT2D eigenvalue weighted by Crippen LogP contribution is 2.44. The molecule has 3 aromatic carbocycles. The third-order valence-corrected chi connectivity index (χ3v) is 8.09. The lowest BCUT2D eigenvalue weighted by atomic mass is 9.98. The summed E-state index contributed by atoms with van der Waals surface area (Å²) in [6.07, 6.45) is 1.21. The number of carboxylic acids is 1. The molecule has 0 saturated heterocycles. The van der Waals surface area contributed by atoms with Crippen LogP contribution in [0.25, 0.3) is 11.1 Å². The van der Waals surface area contributed by atoms with E-state index in [0.29, 0.717) is 12.5 Å². The molecule has 2 aliphatic rings. The van der Waals surface area contributed by atoms with Crippen LogP contribution in [0.5, 0.6) is 0 Å². The molecule has 2 amide bonds. The second-order valence-electron chi connectivity index (χ2n) is 11.0. The van der Waals surface area contributed by atoms with Crippen LogP contribution in [0.15, 0.2) is 78.9 Å². The van der Waals surface area contributed by atoms with E-state index in [1.807, 2.05) is 54.6 Å². The van der Waals surface area contributed by atoms with E-state index in [9.17, 15) is 19.5 Å². The molecule has 214 valence electrons. The van der Waals surface area contributed by atoms with Gasteiger partial charge in [-0.15, -0.1) is 0 Å². The van der Waals surface area contributed by atoms with E-state index in [1.54, 1.807) is 0 Å². The first-order valence-corrected chi connectivity index (χ1v) is 14.3. The van der Waals surface area contributed by atoms with Crippen molar-refractivity contribution in [3.05, 3.63) is 95.6 Å². The van der Waals surface area contributed by atoms with E-state index in [2.05, 4.69) is 46.8 Å². The van der Waals surface area contributed by atoms with E-state index in [4.69, 9.17) is 4.74 Å². The summed E-state index contributed by atoms with van der Waals surface area (Å²) in [5, 5.41) is 14.9. The van der Waals surface area contributed by atoms with Crippen molar-refractivity contribution in [3.63, 3.8) is 0 Å². The Bertz CT molecular complexity index is 1330. The van der Waals surface area contributed by atoms with Gasteiger partial charge >= 0.3 is 12.1 Å². The fourth-order valence-corrected chi connectivity index (χ4v) is 5.80. The van der Waals surface area contributed by atoms with Crippen molar-refractivity contribution >= 4 is 18.0 Å². The van der Waals surface area contributed by atoms with Crippen LogP contribution >= 0.6 is 0 Å². The number of carboxylic acid groups (broad SMARTS) is 1.